The van der Waals surface area contributed by atoms with E-state index in [-0.39, 0.29) is 5.91 Å². The minimum absolute atomic E-state index is 0.318. The molecule has 1 saturated heterocycles. The smallest absolute Gasteiger partial charge is 0.326 e. The zero-order chi connectivity index (χ0) is 15.6. The van der Waals surface area contributed by atoms with Crippen LogP contribution >= 0.6 is 15.9 Å². The molecule has 1 aliphatic heterocycles. The Morgan fingerprint density at radius 1 is 1.33 bits per heavy atom. The standard InChI is InChI=1S/C14H16BrNO5/c1-20-11-7-8(6-9(15)12(11)21-2)13(17)16-5-3-4-10(16)14(18)19/h6-7,10H,3-5H2,1-2H3,(H,18,19). The van der Waals surface area contributed by atoms with Crippen molar-refractivity contribution in [3.05, 3.63) is 22.2 Å². The van der Waals surface area contributed by atoms with Crippen LogP contribution < -0.4 is 9.47 Å². The number of halogens is 1. The third-order valence-corrected chi connectivity index (χ3v) is 4.07. The molecule has 6 nitrogen and oxygen atoms in total. The quantitative estimate of drug-likeness (QED) is 0.893. The van der Waals surface area contributed by atoms with Gasteiger partial charge in [-0.1, -0.05) is 0 Å². The molecule has 7 heteroatoms. The molecule has 1 atom stereocenters. The summed E-state index contributed by atoms with van der Waals surface area (Å²) >= 11 is 3.33. The van der Waals surface area contributed by atoms with Crippen molar-refractivity contribution in [2.75, 3.05) is 20.8 Å². The van der Waals surface area contributed by atoms with Crippen LogP contribution in [0.3, 0.4) is 0 Å². The maximum Gasteiger partial charge on any atom is 0.326 e. The molecule has 2 rings (SSSR count). The highest BCUT2D eigenvalue weighted by Crippen LogP contribution is 2.37. The number of carboxylic acid groups (broad SMARTS) is 1. The molecular formula is C14H16BrNO5. The maximum absolute atomic E-state index is 12.5. The first-order valence-electron chi connectivity index (χ1n) is 6.45. The largest absolute Gasteiger partial charge is 0.493 e. The molecule has 1 N–H and O–H groups in total. The second-order valence-electron chi connectivity index (χ2n) is 4.69. The number of rotatable bonds is 4. The highest BCUT2D eigenvalue weighted by atomic mass is 79.9. The summed E-state index contributed by atoms with van der Waals surface area (Å²) in [6.45, 7) is 0.446. The van der Waals surface area contributed by atoms with Crippen LogP contribution in [0.2, 0.25) is 0 Å². The van der Waals surface area contributed by atoms with Gasteiger partial charge < -0.3 is 19.5 Å². The number of carbonyl (C=O) groups is 2. The van der Waals surface area contributed by atoms with Crippen molar-refractivity contribution in [3.63, 3.8) is 0 Å². The summed E-state index contributed by atoms with van der Waals surface area (Å²) < 4.78 is 11.0. The van der Waals surface area contributed by atoms with Gasteiger partial charge in [-0.05, 0) is 40.9 Å². The molecule has 0 radical (unpaired) electrons. The minimum atomic E-state index is -0.972. The molecule has 0 saturated carbocycles. The van der Waals surface area contributed by atoms with Crippen molar-refractivity contribution in [1.29, 1.82) is 0 Å². The van der Waals surface area contributed by atoms with Crippen LogP contribution in [0.4, 0.5) is 0 Å². The average Bonchev–Trinajstić information content (AvgIpc) is 2.95. The molecule has 114 valence electrons. The summed E-state index contributed by atoms with van der Waals surface area (Å²) in [4.78, 5) is 25.1. The van der Waals surface area contributed by atoms with Crippen LogP contribution in [0, 0.1) is 0 Å². The zero-order valence-corrected chi connectivity index (χ0v) is 13.3. The molecule has 1 heterocycles. The molecule has 21 heavy (non-hydrogen) atoms. The highest BCUT2D eigenvalue weighted by molar-refractivity contribution is 9.10. The van der Waals surface area contributed by atoms with Gasteiger partial charge in [0, 0.05) is 12.1 Å². The number of hydrogen-bond donors (Lipinski definition) is 1. The topological polar surface area (TPSA) is 76.1 Å². The second-order valence-corrected chi connectivity index (χ2v) is 5.54. The van der Waals surface area contributed by atoms with E-state index in [0.717, 1.165) is 0 Å². The summed E-state index contributed by atoms with van der Waals surface area (Å²) in [6, 6.07) is 2.41. The van der Waals surface area contributed by atoms with E-state index in [1.54, 1.807) is 12.1 Å². The van der Waals surface area contributed by atoms with E-state index in [2.05, 4.69) is 15.9 Å². The van der Waals surface area contributed by atoms with Crippen LogP contribution in [0.1, 0.15) is 23.2 Å². The predicted octanol–water partition coefficient (Wildman–Crippen LogP) is 2.16. The second kappa shape index (κ2) is 6.34. The van der Waals surface area contributed by atoms with Crippen LogP contribution in [0.15, 0.2) is 16.6 Å². The summed E-state index contributed by atoms with van der Waals surface area (Å²) in [5.74, 6) is -0.381. The number of likely N-dealkylation sites (tertiary alicyclic amines) is 1. The van der Waals surface area contributed by atoms with Gasteiger partial charge in [0.15, 0.2) is 11.5 Å². The monoisotopic (exact) mass is 357 g/mol. The predicted molar refractivity (Wildman–Crippen MR) is 78.9 cm³/mol. The van der Waals surface area contributed by atoms with E-state index in [9.17, 15) is 9.59 Å². The summed E-state index contributed by atoms with van der Waals surface area (Å²) in [5, 5.41) is 9.17. The van der Waals surface area contributed by atoms with Crippen molar-refractivity contribution in [2.24, 2.45) is 0 Å². The number of amides is 1. The van der Waals surface area contributed by atoms with Crippen LogP contribution in [0.25, 0.3) is 0 Å². The van der Waals surface area contributed by atoms with Gasteiger partial charge in [-0.3, -0.25) is 4.79 Å². The van der Waals surface area contributed by atoms with Crippen molar-refractivity contribution >= 4 is 27.8 Å². The maximum atomic E-state index is 12.5. The van der Waals surface area contributed by atoms with E-state index in [4.69, 9.17) is 14.6 Å². The zero-order valence-electron chi connectivity index (χ0n) is 11.8. The molecule has 1 aliphatic rings. The molecule has 0 bridgehead atoms. The first kappa shape index (κ1) is 15.6. The number of carboxylic acids is 1. The van der Waals surface area contributed by atoms with Gasteiger partial charge in [0.05, 0.1) is 18.7 Å². The van der Waals surface area contributed by atoms with E-state index < -0.39 is 12.0 Å². The molecule has 1 aromatic rings. The van der Waals surface area contributed by atoms with Crippen molar-refractivity contribution in [2.45, 2.75) is 18.9 Å². The molecular weight excluding hydrogens is 342 g/mol. The lowest BCUT2D eigenvalue weighted by atomic mass is 10.1. The first-order valence-corrected chi connectivity index (χ1v) is 7.24. The van der Waals surface area contributed by atoms with Crippen molar-refractivity contribution < 1.29 is 24.2 Å². The number of hydrogen-bond acceptors (Lipinski definition) is 4. The number of aliphatic carboxylic acids is 1. The van der Waals surface area contributed by atoms with Gasteiger partial charge in [-0.25, -0.2) is 4.79 Å². The lowest BCUT2D eigenvalue weighted by Crippen LogP contribution is -2.40. The Morgan fingerprint density at radius 3 is 2.62 bits per heavy atom. The molecule has 1 amide bonds. The van der Waals surface area contributed by atoms with Gasteiger partial charge in [0.1, 0.15) is 6.04 Å². The lowest BCUT2D eigenvalue weighted by molar-refractivity contribution is -0.141. The molecule has 1 unspecified atom stereocenters. The number of methoxy groups -OCH3 is 2. The number of carbonyl (C=O) groups excluding carboxylic acids is 1. The Bertz CT molecular complexity index is 575. The molecule has 1 aromatic carbocycles. The number of nitrogens with zero attached hydrogens (tertiary/aromatic N) is 1. The first-order chi connectivity index (χ1) is 9.99. The number of benzene rings is 1. The number of ether oxygens (including phenoxy) is 2. The molecule has 1 fully saturated rings. The summed E-state index contributed by atoms with van der Waals surface area (Å²) in [7, 11) is 2.99. The molecule has 0 aliphatic carbocycles. The lowest BCUT2D eigenvalue weighted by Gasteiger charge is -2.22. The Labute approximate surface area is 130 Å². The van der Waals surface area contributed by atoms with Gasteiger partial charge in [0.2, 0.25) is 0 Å². The Kier molecular flexibility index (Phi) is 4.72. The van der Waals surface area contributed by atoms with Gasteiger partial charge in [0.25, 0.3) is 5.91 Å². The van der Waals surface area contributed by atoms with E-state index in [0.29, 0.717) is 40.9 Å². The van der Waals surface area contributed by atoms with E-state index >= 15 is 0 Å². The molecule has 0 aromatic heterocycles. The normalized spacial score (nSPS) is 17.7. The summed E-state index contributed by atoms with van der Waals surface area (Å²) in [5.41, 5.74) is 0.368. The average molecular weight is 358 g/mol. The fraction of sp³-hybridized carbons (Fsp3) is 0.429. The molecule has 0 spiro atoms. The third-order valence-electron chi connectivity index (χ3n) is 3.48. The van der Waals surface area contributed by atoms with Crippen LogP contribution in [-0.2, 0) is 4.79 Å². The van der Waals surface area contributed by atoms with E-state index in [1.165, 1.54) is 19.1 Å². The van der Waals surface area contributed by atoms with Crippen molar-refractivity contribution in [3.8, 4) is 11.5 Å². The Hall–Kier alpha value is -1.76. The Morgan fingerprint density at radius 2 is 2.05 bits per heavy atom. The summed E-state index contributed by atoms with van der Waals surface area (Å²) in [6.07, 6.45) is 1.17. The van der Waals surface area contributed by atoms with Crippen LogP contribution in [0.5, 0.6) is 11.5 Å². The minimum Gasteiger partial charge on any atom is -0.493 e. The van der Waals surface area contributed by atoms with Gasteiger partial charge >= 0.3 is 5.97 Å². The SMILES string of the molecule is COc1cc(C(=O)N2CCCC2C(=O)O)cc(Br)c1OC. The third kappa shape index (κ3) is 2.97. The fourth-order valence-corrected chi connectivity index (χ4v) is 3.08. The van der Waals surface area contributed by atoms with E-state index in [1.807, 2.05) is 0 Å². The highest BCUT2D eigenvalue weighted by Gasteiger charge is 2.34. The van der Waals surface area contributed by atoms with Gasteiger partial charge in [-0.15, -0.1) is 0 Å². The fourth-order valence-electron chi connectivity index (χ4n) is 2.47. The van der Waals surface area contributed by atoms with Crippen LogP contribution in [-0.4, -0.2) is 48.7 Å². The van der Waals surface area contributed by atoms with Crippen molar-refractivity contribution in [1.82, 2.24) is 4.90 Å². The van der Waals surface area contributed by atoms with Gasteiger partial charge in [-0.2, -0.15) is 0 Å². The Balaban J connectivity index is 2.35.